The van der Waals surface area contributed by atoms with Crippen molar-refractivity contribution in [1.82, 2.24) is 9.97 Å². The summed E-state index contributed by atoms with van der Waals surface area (Å²) >= 11 is 6.21. The molecule has 0 N–H and O–H groups in total. The van der Waals surface area contributed by atoms with Gasteiger partial charge < -0.3 is 9.64 Å². The number of rotatable bonds is 4. The SMILES string of the molecule is Cc1cc(Oc2ncnc(N3CCCc4ccccc43)c2[N+](=O)[O-])cc(C)c1Cl. The lowest BCUT2D eigenvalue weighted by molar-refractivity contribution is -0.385. The summed E-state index contributed by atoms with van der Waals surface area (Å²) in [5.41, 5.74) is 3.45. The van der Waals surface area contributed by atoms with Gasteiger partial charge in [0.1, 0.15) is 12.1 Å². The molecule has 1 aliphatic rings. The van der Waals surface area contributed by atoms with E-state index in [-0.39, 0.29) is 17.4 Å². The van der Waals surface area contributed by atoms with Crippen molar-refractivity contribution in [3.05, 3.63) is 74.6 Å². The van der Waals surface area contributed by atoms with Crippen LogP contribution >= 0.6 is 11.6 Å². The van der Waals surface area contributed by atoms with Gasteiger partial charge in [-0.1, -0.05) is 29.8 Å². The molecule has 0 fully saturated rings. The van der Waals surface area contributed by atoms with Crippen LogP contribution in [0.3, 0.4) is 0 Å². The molecule has 2 heterocycles. The first-order valence-electron chi connectivity index (χ1n) is 9.25. The van der Waals surface area contributed by atoms with E-state index in [9.17, 15) is 10.1 Å². The maximum atomic E-state index is 12.0. The zero-order chi connectivity index (χ0) is 20.5. The molecule has 0 aliphatic carbocycles. The summed E-state index contributed by atoms with van der Waals surface area (Å²) in [6.45, 7) is 4.34. The fraction of sp³-hybridized carbons (Fsp3) is 0.238. The Bertz CT molecular complexity index is 1080. The molecule has 0 saturated heterocycles. The second-order valence-corrected chi connectivity index (χ2v) is 7.34. The van der Waals surface area contributed by atoms with Crippen LogP contribution < -0.4 is 9.64 Å². The van der Waals surface area contributed by atoms with Crippen molar-refractivity contribution in [2.75, 3.05) is 11.4 Å². The lowest BCUT2D eigenvalue weighted by atomic mass is 10.0. The van der Waals surface area contributed by atoms with E-state index < -0.39 is 4.92 Å². The predicted molar refractivity (Wildman–Crippen MR) is 111 cm³/mol. The fourth-order valence-electron chi connectivity index (χ4n) is 3.62. The molecule has 0 radical (unpaired) electrons. The number of aryl methyl sites for hydroxylation is 3. The van der Waals surface area contributed by atoms with Crippen molar-refractivity contribution in [3.63, 3.8) is 0 Å². The van der Waals surface area contributed by atoms with E-state index in [2.05, 4.69) is 9.97 Å². The minimum Gasteiger partial charge on any atom is -0.434 e. The number of ether oxygens (including phenoxy) is 1. The molecule has 0 atom stereocenters. The first-order chi connectivity index (χ1) is 14.0. The number of nitro groups is 1. The largest absolute Gasteiger partial charge is 0.434 e. The molecular weight excluding hydrogens is 392 g/mol. The number of nitrogens with zero attached hydrogens (tertiary/aromatic N) is 4. The molecule has 0 unspecified atom stereocenters. The lowest BCUT2D eigenvalue weighted by Gasteiger charge is -2.29. The predicted octanol–water partition coefficient (Wildman–Crippen LogP) is 5.53. The normalized spacial score (nSPS) is 13.1. The van der Waals surface area contributed by atoms with E-state index in [1.54, 1.807) is 12.1 Å². The second kappa shape index (κ2) is 7.67. The highest BCUT2D eigenvalue weighted by Gasteiger charge is 2.31. The van der Waals surface area contributed by atoms with Crippen molar-refractivity contribution in [2.24, 2.45) is 0 Å². The highest BCUT2D eigenvalue weighted by molar-refractivity contribution is 6.32. The van der Waals surface area contributed by atoms with Crippen LogP contribution in [0, 0.1) is 24.0 Å². The second-order valence-electron chi connectivity index (χ2n) is 6.97. The Balaban J connectivity index is 1.80. The van der Waals surface area contributed by atoms with Gasteiger partial charge >= 0.3 is 11.6 Å². The van der Waals surface area contributed by atoms with E-state index in [1.165, 1.54) is 6.33 Å². The molecule has 0 amide bonds. The number of hydrogen-bond donors (Lipinski definition) is 0. The minimum absolute atomic E-state index is 0.0934. The third-order valence-corrected chi connectivity index (χ3v) is 5.54. The Morgan fingerprint density at radius 2 is 1.90 bits per heavy atom. The van der Waals surface area contributed by atoms with Gasteiger partial charge in [0.15, 0.2) is 0 Å². The molecule has 0 saturated carbocycles. The lowest BCUT2D eigenvalue weighted by Crippen LogP contribution is -2.26. The van der Waals surface area contributed by atoms with Crippen LogP contribution in [0.15, 0.2) is 42.7 Å². The third-order valence-electron chi connectivity index (χ3n) is 4.94. The number of para-hydroxylation sites is 1. The molecule has 148 valence electrons. The summed E-state index contributed by atoms with van der Waals surface area (Å²) in [7, 11) is 0. The Labute approximate surface area is 173 Å². The Kier molecular flexibility index (Phi) is 5.07. The molecule has 3 aromatic rings. The first kappa shape index (κ1) is 19.1. The van der Waals surface area contributed by atoms with Crippen LogP contribution in [-0.4, -0.2) is 21.4 Å². The standard InChI is InChI=1S/C21H19ClN4O3/c1-13-10-16(11-14(2)18(13)22)29-21-19(26(27)28)20(23-12-24-21)25-9-5-7-15-6-3-4-8-17(15)25/h3-4,6,8,10-12H,5,7,9H2,1-2H3. The van der Waals surface area contributed by atoms with Crippen molar-refractivity contribution in [2.45, 2.75) is 26.7 Å². The Hall–Kier alpha value is -3.19. The van der Waals surface area contributed by atoms with E-state index in [1.807, 2.05) is 43.0 Å². The third kappa shape index (κ3) is 3.61. The molecule has 1 aliphatic heterocycles. The van der Waals surface area contributed by atoms with E-state index >= 15 is 0 Å². The summed E-state index contributed by atoms with van der Waals surface area (Å²) in [5, 5.41) is 12.6. The van der Waals surface area contributed by atoms with Gasteiger partial charge in [-0.15, -0.1) is 0 Å². The summed E-state index contributed by atoms with van der Waals surface area (Å²) in [5.74, 6) is 0.579. The highest BCUT2D eigenvalue weighted by Crippen LogP contribution is 2.41. The van der Waals surface area contributed by atoms with Gasteiger partial charge in [0.2, 0.25) is 5.82 Å². The molecular formula is C21H19ClN4O3. The zero-order valence-electron chi connectivity index (χ0n) is 16.1. The minimum atomic E-state index is -0.489. The smallest absolute Gasteiger partial charge is 0.373 e. The van der Waals surface area contributed by atoms with E-state index in [0.717, 1.165) is 35.2 Å². The average Bonchev–Trinajstić information content (AvgIpc) is 2.71. The molecule has 2 aromatic carbocycles. The topological polar surface area (TPSA) is 81.4 Å². The molecule has 4 rings (SSSR count). The Morgan fingerprint density at radius 1 is 1.17 bits per heavy atom. The van der Waals surface area contributed by atoms with Gasteiger partial charge in [-0.3, -0.25) is 10.1 Å². The van der Waals surface area contributed by atoms with E-state index in [0.29, 0.717) is 17.3 Å². The zero-order valence-corrected chi connectivity index (χ0v) is 16.8. The quantitative estimate of drug-likeness (QED) is 0.415. The Morgan fingerprint density at radius 3 is 2.62 bits per heavy atom. The van der Waals surface area contributed by atoms with Gasteiger partial charge in [0.25, 0.3) is 0 Å². The molecule has 0 spiro atoms. The van der Waals surface area contributed by atoms with Crippen LogP contribution in [-0.2, 0) is 6.42 Å². The molecule has 8 heteroatoms. The fourth-order valence-corrected chi connectivity index (χ4v) is 3.73. The van der Waals surface area contributed by atoms with Crippen LogP contribution in [0.1, 0.15) is 23.1 Å². The van der Waals surface area contributed by atoms with Crippen LogP contribution in [0.4, 0.5) is 17.2 Å². The van der Waals surface area contributed by atoms with Crippen LogP contribution in [0.25, 0.3) is 0 Å². The number of halogens is 1. The van der Waals surface area contributed by atoms with Gasteiger partial charge in [0, 0.05) is 17.3 Å². The van der Waals surface area contributed by atoms with Gasteiger partial charge in [-0.05, 0) is 61.6 Å². The van der Waals surface area contributed by atoms with Gasteiger partial charge in [-0.25, -0.2) is 4.98 Å². The van der Waals surface area contributed by atoms with Crippen LogP contribution in [0.2, 0.25) is 5.02 Å². The van der Waals surface area contributed by atoms with Gasteiger partial charge in [0.05, 0.1) is 4.92 Å². The van der Waals surface area contributed by atoms with E-state index in [4.69, 9.17) is 16.3 Å². The molecule has 1 aromatic heterocycles. The van der Waals surface area contributed by atoms with Crippen molar-refractivity contribution in [3.8, 4) is 11.6 Å². The monoisotopic (exact) mass is 410 g/mol. The molecule has 0 bridgehead atoms. The van der Waals surface area contributed by atoms with Crippen molar-refractivity contribution >= 4 is 28.8 Å². The molecule has 7 nitrogen and oxygen atoms in total. The van der Waals surface area contributed by atoms with Crippen LogP contribution in [0.5, 0.6) is 11.6 Å². The number of anilines is 2. The number of hydrogen-bond acceptors (Lipinski definition) is 6. The maximum Gasteiger partial charge on any atom is 0.373 e. The number of benzene rings is 2. The summed E-state index contributed by atoms with van der Waals surface area (Å²) in [6.07, 6.45) is 3.10. The summed E-state index contributed by atoms with van der Waals surface area (Å²) in [4.78, 5) is 21.6. The number of fused-ring (bicyclic) bond motifs is 1. The number of aromatic nitrogens is 2. The summed E-state index contributed by atoms with van der Waals surface area (Å²) < 4.78 is 5.83. The first-order valence-corrected chi connectivity index (χ1v) is 9.63. The highest BCUT2D eigenvalue weighted by atomic mass is 35.5. The average molecular weight is 411 g/mol. The maximum absolute atomic E-state index is 12.0. The van der Waals surface area contributed by atoms with Gasteiger partial charge in [-0.2, -0.15) is 4.98 Å². The van der Waals surface area contributed by atoms with Crippen molar-refractivity contribution < 1.29 is 9.66 Å². The van der Waals surface area contributed by atoms with Crippen molar-refractivity contribution in [1.29, 1.82) is 0 Å². The summed E-state index contributed by atoms with van der Waals surface area (Å²) in [6, 6.07) is 11.3. The molecule has 29 heavy (non-hydrogen) atoms.